The molecule has 2 N–H and O–H groups in total. The fraction of sp³-hybridized carbons (Fsp3) is 0.250. The maximum atomic E-state index is 12.6. The Balaban J connectivity index is 1.91. The number of thiocarbonyl (C=S) groups is 1. The van der Waals surface area contributed by atoms with Crippen molar-refractivity contribution in [2.45, 2.75) is 26.9 Å². The topological polar surface area (TPSA) is 61.0 Å². The minimum Gasteiger partial charge on any atom is -0.363 e. The monoisotopic (exact) mass is 366 g/mol. The number of aromatic amines is 1. The van der Waals surface area contributed by atoms with Gasteiger partial charge >= 0.3 is 0 Å². The Labute approximate surface area is 158 Å². The summed E-state index contributed by atoms with van der Waals surface area (Å²) < 4.78 is 0. The summed E-state index contributed by atoms with van der Waals surface area (Å²) in [6, 6.07) is 11.9. The molecule has 0 fully saturated rings. The lowest BCUT2D eigenvalue weighted by molar-refractivity contribution is 0.398. The highest BCUT2D eigenvalue weighted by molar-refractivity contribution is 7.80. The number of hydrogen-bond acceptors (Lipinski definition) is 3. The molecular formula is C20H22N4OS. The van der Waals surface area contributed by atoms with Gasteiger partial charge in [-0.05, 0) is 60.8 Å². The van der Waals surface area contributed by atoms with Crippen LogP contribution in [0.3, 0.4) is 0 Å². The molecule has 0 spiro atoms. The standard InChI is InChI=1S/C20H22N4OS/c1-3-22-20(26)24(12-15-5-4-8-21-11-15)13-17-10-16-7-6-14(2)9-18(16)23-19(17)25/h4-11H,3,12-13H2,1-2H3,(H,22,26)(H,23,25). The Morgan fingerprint density at radius 3 is 2.85 bits per heavy atom. The summed E-state index contributed by atoms with van der Waals surface area (Å²) in [5.41, 5.74) is 3.61. The van der Waals surface area contributed by atoms with Crippen LogP contribution in [-0.2, 0) is 13.1 Å². The number of benzene rings is 1. The van der Waals surface area contributed by atoms with Gasteiger partial charge in [0.25, 0.3) is 5.56 Å². The molecule has 0 saturated heterocycles. The van der Waals surface area contributed by atoms with Crippen LogP contribution in [0.15, 0.2) is 53.6 Å². The Bertz CT molecular complexity index is 968. The number of aryl methyl sites for hydroxylation is 1. The van der Waals surface area contributed by atoms with Gasteiger partial charge in [0.1, 0.15) is 0 Å². The summed E-state index contributed by atoms with van der Waals surface area (Å²) in [6.45, 7) is 5.76. The number of pyridine rings is 2. The molecular weight excluding hydrogens is 344 g/mol. The molecule has 1 aromatic carbocycles. The minimum atomic E-state index is -0.0846. The number of H-pyrrole nitrogens is 1. The zero-order valence-electron chi connectivity index (χ0n) is 15.0. The van der Waals surface area contributed by atoms with Gasteiger partial charge in [0.05, 0.1) is 6.54 Å². The Hall–Kier alpha value is -2.73. The van der Waals surface area contributed by atoms with E-state index in [0.717, 1.165) is 28.6 Å². The van der Waals surface area contributed by atoms with Crippen LogP contribution >= 0.6 is 12.2 Å². The zero-order chi connectivity index (χ0) is 18.5. The van der Waals surface area contributed by atoms with Crippen LogP contribution in [0.5, 0.6) is 0 Å². The van der Waals surface area contributed by atoms with Crippen molar-refractivity contribution in [1.82, 2.24) is 20.2 Å². The first-order valence-corrected chi connectivity index (χ1v) is 9.02. The maximum absolute atomic E-state index is 12.6. The SMILES string of the molecule is CCNC(=S)N(Cc1cccnc1)Cc1cc2ccc(C)cc2[nH]c1=O. The molecule has 0 aliphatic heterocycles. The number of nitrogens with zero attached hydrogens (tertiary/aromatic N) is 2. The number of nitrogens with one attached hydrogen (secondary N) is 2. The molecule has 0 radical (unpaired) electrons. The maximum Gasteiger partial charge on any atom is 0.253 e. The molecule has 0 unspecified atom stereocenters. The highest BCUT2D eigenvalue weighted by Crippen LogP contribution is 2.15. The van der Waals surface area contributed by atoms with Crippen LogP contribution in [0.4, 0.5) is 0 Å². The van der Waals surface area contributed by atoms with Gasteiger partial charge in [-0.2, -0.15) is 0 Å². The first-order valence-electron chi connectivity index (χ1n) is 8.61. The number of rotatable bonds is 5. The van der Waals surface area contributed by atoms with E-state index in [1.54, 1.807) is 6.20 Å². The van der Waals surface area contributed by atoms with Gasteiger partial charge in [-0.3, -0.25) is 9.78 Å². The van der Waals surface area contributed by atoms with Crippen molar-refractivity contribution in [3.63, 3.8) is 0 Å². The Morgan fingerprint density at radius 1 is 1.27 bits per heavy atom. The van der Waals surface area contributed by atoms with Crippen LogP contribution in [0.1, 0.15) is 23.6 Å². The third-order valence-electron chi connectivity index (χ3n) is 4.15. The summed E-state index contributed by atoms with van der Waals surface area (Å²) in [7, 11) is 0. The van der Waals surface area contributed by atoms with E-state index in [9.17, 15) is 4.79 Å². The fourth-order valence-corrected chi connectivity index (χ4v) is 3.13. The van der Waals surface area contributed by atoms with E-state index < -0.39 is 0 Å². The molecule has 0 aliphatic rings. The highest BCUT2D eigenvalue weighted by atomic mass is 32.1. The molecule has 6 heteroatoms. The average molecular weight is 366 g/mol. The Kier molecular flexibility index (Phi) is 5.63. The van der Waals surface area contributed by atoms with Crippen LogP contribution in [0.25, 0.3) is 10.9 Å². The number of hydrogen-bond donors (Lipinski definition) is 2. The second kappa shape index (κ2) is 8.10. The van der Waals surface area contributed by atoms with Crippen LogP contribution < -0.4 is 10.9 Å². The van der Waals surface area contributed by atoms with E-state index in [2.05, 4.69) is 15.3 Å². The lowest BCUT2D eigenvalue weighted by Gasteiger charge is -2.25. The van der Waals surface area contributed by atoms with Crippen molar-refractivity contribution in [2.24, 2.45) is 0 Å². The second-order valence-electron chi connectivity index (χ2n) is 6.27. The quantitative estimate of drug-likeness (QED) is 0.680. The summed E-state index contributed by atoms with van der Waals surface area (Å²) in [5.74, 6) is 0. The zero-order valence-corrected chi connectivity index (χ0v) is 15.8. The normalized spacial score (nSPS) is 10.7. The smallest absolute Gasteiger partial charge is 0.253 e. The predicted octanol–water partition coefficient (Wildman–Crippen LogP) is 3.13. The third-order valence-corrected chi connectivity index (χ3v) is 4.55. The van der Waals surface area contributed by atoms with Crippen molar-refractivity contribution in [3.05, 3.63) is 75.8 Å². The van der Waals surface area contributed by atoms with E-state index in [-0.39, 0.29) is 5.56 Å². The van der Waals surface area contributed by atoms with Gasteiger partial charge in [0.15, 0.2) is 5.11 Å². The lowest BCUT2D eigenvalue weighted by atomic mass is 10.1. The van der Waals surface area contributed by atoms with Crippen molar-refractivity contribution in [1.29, 1.82) is 0 Å². The molecule has 3 rings (SSSR count). The molecule has 0 bridgehead atoms. The molecule has 0 atom stereocenters. The van der Waals surface area contributed by atoms with Crippen molar-refractivity contribution in [3.8, 4) is 0 Å². The van der Waals surface area contributed by atoms with Crippen molar-refractivity contribution < 1.29 is 0 Å². The molecule has 0 aliphatic carbocycles. The van der Waals surface area contributed by atoms with E-state index in [0.29, 0.717) is 23.8 Å². The lowest BCUT2D eigenvalue weighted by Crippen LogP contribution is -2.39. The van der Waals surface area contributed by atoms with Crippen LogP contribution in [0, 0.1) is 6.92 Å². The van der Waals surface area contributed by atoms with Gasteiger partial charge in [-0.1, -0.05) is 18.2 Å². The van der Waals surface area contributed by atoms with Crippen LogP contribution in [0.2, 0.25) is 0 Å². The van der Waals surface area contributed by atoms with Gasteiger partial charge in [0, 0.05) is 36.6 Å². The predicted molar refractivity (Wildman–Crippen MR) is 109 cm³/mol. The fourth-order valence-electron chi connectivity index (χ4n) is 2.86. The summed E-state index contributed by atoms with van der Waals surface area (Å²) in [5, 5.41) is 4.81. The summed E-state index contributed by atoms with van der Waals surface area (Å²) >= 11 is 5.51. The molecule has 2 heterocycles. The van der Waals surface area contributed by atoms with E-state index in [4.69, 9.17) is 12.2 Å². The molecule has 26 heavy (non-hydrogen) atoms. The third kappa shape index (κ3) is 4.26. The van der Waals surface area contributed by atoms with Crippen molar-refractivity contribution in [2.75, 3.05) is 6.54 Å². The number of aromatic nitrogens is 2. The van der Waals surface area contributed by atoms with Crippen LogP contribution in [-0.4, -0.2) is 26.5 Å². The second-order valence-corrected chi connectivity index (χ2v) is 6.65. The molecule has 0 amide bonds. The Morgan fingerprint density at radius 2 is 2.12 bits per heavy atom. The first-order chi connectivity index (χ1) is 12.6. The largest absolute Gasteiger partial charge is 0.363 e. The molecule has 3 aromatic rings. The number of fused-ring (bicyclic) bond motifs is 1. The molecule has 0 saturated carbocycles. The van der Waals surface area contributed by atoms with E-state index >= 15 is 0 Å². The van der Waals surface area contributed by atoms with Crippen molar-refractivity contribution >= 4 is 28.2 Å². The van der Waals surface area contributed by atoms with Gasteiger partial charge in [-0.25, -0.2) is 0 Å². The summed E-state index contributed by atoms with van der Waals surface area (Å²) in [6.07, 6.45) is 3.56. The van der Waals surface area contributed by atoms with Gasteiger partial charge in [0.2, 0.25) is 0 Å². The highest BCUT2D eigenvalue weighted by Gasteiger charge is 2.13. The van der Waals surface area contributed by atoms with E-state index in [1.807, 2.05) is 61.3 Å². The molecule has 2 aromatic heterocycles. The average Bonchev–Trinajstić information content (AvgIpc) is 2.63. The molecule has 5 nitrogen and oxygen atoms in total. The van der Waals surface area contributed by atoms with Gasteiger partial charge in [-0.15, -0.1) is 0 Å². The minimum absolute atomic E-state index is 0.0846. The van der Waals surface area contributed by atoms with E-state index in [1.165, 1.54) is 0 Å². The first kappa shape index (κ1) is 18.1. The van der Waals surface area contributed by atoms with Gasteiger partial charge < -0.3 is 15.2 Å². The molecule has 134 valence electrons. The summed E-state index contributed by atoms with van der Waals surface area (Å²) in [4.78, 5) is 21.7.